The van der Waals surface area contributed by atoms with E-state index in [9.17, 15) is 4.79 Å². The van der Waals surface area contributed by atoms with Gasteiger partial charge < -0.3 is 24.7 Å². The highest BCUT2D eigenvalue weighted by atomic mass is 16.5. The largest absolute Gasteiger partial charge is 0.493 e. The molecule has 6 nitrogen and oxygen atoms in total. The molecular weight excluding hydrogens is 342 g/mol. The monoisotopic (exact) mass is 367 g/mol. The molecule has 0 aliphatic carbocycles. The number of para-hydroxylation sites is 1. The number of hydrogen-bond acceptors (Lipinski definition) is 3. The zero-order chi connectivity index (χ0) is 19.2. The van der Waals surface area contributed by atoms with E-state index in [4.69, 9.17) is 9.47 Å². The summed E-state index contributed by atoms with van der Waals surface area (Å²) in [7, 11) is 3.22. The Kier molecular flexibility index (Phi) is 5.86. The molecule has 0 fully saturated rings. The van der Waals surface area contributed by atoms with Gasteiger partial charge in [0.25, 0.3) is 0 Å². The van der Waals surface area contributed by atoms with Crippen LogP contribution in [0.4, 0.5) is 10.5 Å². The minimum absolute atomic E-state index is 0.213. The smallest absolute Gasteiger partial charge is 0.319 e. The van der Waals surface area contributed by atoms with Gasteiger partial charge in [0.2, 0.25) is 0 Å². The first kappa shape index (κ1) is 18.6. The number of amides is 2. The summed E-state index contributed by atoms with van der Waals surface area (Å²) >= 11 is 0. The van der Waals surface area contributed by atoms with Crippen molar-refractivity contribution in [1.82, 2.24) is 9.88 Å². The van der Waals surface area contributed by atoms with Crippen LogP contribution in [0.2, 0.25) is 0 Å². The number of ether oxygens (including phenoxy) is 2. The van der Waals surface area contributed by atoms with Crippen molar-refractivity contribution in [2.75, 3.05) is 26.1 Å². The van der Waals surface area contributed by atoms with E-state index in [1.165, 1.54) is 0 Å². The fourth-order valence-electron chi connectivity index (χ4n) is 3.13. The molecule has 0 atom stereocenters. The van der Waals surface area contributed by atoms with Crippen LogP contribution in [0, 0.1) is 0 Å². The average molecular weight is 367 g/mol. The Morgan fingerprint density at radius 2 is 1.85 bits per heavy atom. The van der Waals surface area contributed by atoms with Crippen LogP contribution in [0.5, 0.6) is 11.5 Å². The number of methoxy groups -OCH3 is 2. The van der Waals surface area contributed by atoms with E-state index >= 15 is 0 Å². The molecule has 0 bridgehead atoms. The van der Waals surface area contributed by atoms with Gasteiger partial charge in [0.1, 0.15) is 0 Å². The molecule has 2 aromatic carbocycles. The van der Waals surface area contributed by atoms with Crippen LogP contribution in [-0.4, -0.2) is 31.4 Å². The van der Waals surface area contributed by atoms with Gasteiger partial charge in [-0.2, -0.15) is 0 Å². The van der Waals surface area contributed by atoms with Crippen LogP contribution in [0.25, 0.3) is 10.9 Å². The number of urea groups is 1. The van der Waals surface area contributed by atoms with Gasteiger partial charge in [-0.05, 0) is 37.1 Å². The van der Waals surface area contributed by atoms with Crippen LogP contribution in [-0.2, 0) is 13.0 Å². The summed E-state index contributed by atoms with van der Waals surface area (Å²) in [6.07, 6.45) is 2.67. The molecular formula is C21H25N3O3. The van der Waals surface area contributed by atoms with E-state index in [0.29, 0.717) is 24.5 Å². The molecule has 0 aliphatic rings. The quantitative estimate of drug-likeness (QED) is 0.662. The highest BCUT2D eigenvalue weighted by Crippen LogP contribution is 2.28. The zero-order valence-corrected chi connectivity index (χ0v) is 15.9. The molecule has 3 rings (SSSR count). The van der Waals surface area contributed by atoms with Crippen molar-refractivity contribution < 1.29 is 14.3 Å². The Bertz CT molecular complexity index is 934. The first-order valence-corrected chi connectivity index (χ1v) is 9.00. The van der Waals surface area contributed by atoms with Gasteiger partial charge in [-0.3, -0.25) is 0 Å². The van der Waals surface area contributed by atoms with Crippen molar-refractivity contribution in [3.8, 4) is 11.5 Å². The maximum Gasteiger partial charge on any atom is 0.319 e. The molecule has 0 saturated heterocycles. The van der Waals surface area contributed by atoms with Gasteiger partial charge in [-0.15, -0.1) is 0 Å². The standard InChI is InChI=1S/C21H25N3O3/c1-4-24-14-17(16-7-5-6-8-18(16)24)23-21(25)22-12-11-15-9-10-19(26-2)20(13-15)27-3/h5-10,13-14H,4,11-12H2,1-3H3,(H2,22,23,25). The maximum atomic E-state index is 12.3. The van der Waals surface area contributed by atoms with Crippen molar-refractivity contribution in [1.29, 1.82) is 0 Å². The molecule has 27 heavy (non-hydrogen) atoms. The van der Waals surface area contributed by atoms with Crippen LogP contribution in [0.15, 0.2) is 48.7 Å². The second kappa shape index (κ2) is 8.49. The number of rotatable bonds is 7. The van der Waals surface area contributed by atoms with Gasteiger partial charge in [-0.25, -0.2) is 4.79 Å². The summed E-state index contributed by atoms with van der Waals surface area (Å²) in [6.45, 7) is 3.45. The van der Waals surface area contributed by atoms with Crippen molar-refractivity contribution in [2.45, 2.75) is 19.9 Å². The van der Waals surface area contributed by atoms with Gasteiger partial charge in [-0.1, -0.05) is 24.3 Å². The van der Waals surface area contributed by atoms with Crippen LogP contribution in [0.3, 0.4) is 0 Å². The number of hydrogen-bond donors (Lipinski definition) is 2. The van der Waals surface area contributed by atoms with Gasteiger partial charge in [0.05, 0.1) is 25.4 Å². The summed E-state index contributed by atoms with van der Waals surface area (Å²) in [5.74, 6) is 1.38. The van der Waals surface area contributed by atoms with E-state index in [1.807, 2.05) is 42.6 Å². The van der Waals surface area contributed by atoms with Crippen LogP contribution >= 0.6 is 0 Å². The SMILES string of the molecule is CCn1cc(NC(=O)NCCc2ccc(OC)c(OC)c2)c2ccccc21. The van der Waals surface area contributed by atoms with Crippen molar-refractivity contribution >= 4 is 22.6 Å². The molecule has 1 aromatic heterocycles. The van der Waals surface area contributed by atoms with Crippen molar-refractivity contribution in [3.05, 3.63) is 54.2 Å². The fraction of sp³-hybridized carbons (Fsp3) is 0.286. The molecule has 0 spiro atoms. The maximum absolute atomic E-state index is 12.3. The topological polar surface area (TPSA) is 64.5 Å². The Hall–Kier alpha value is -3.15. The first-order chi connectivity index (χ1) is 13.2. The van der Waals surface area contributed by atoms with E-state index in [0.717, 1.165) is 28.7 Å². The molecule has 2 amide bonds. The number of carbonyl (C=O) groups is 1. The Labute approximate surface area is 159 Å². The van der Waals surface area contributed by atoms with Crippen LogP contribution < -0.4 is 20.1 Å². The van der Waals surface area contributed by atoms with E-state index in [1.54, 1.807) is 14.2 Å². The van der Waals surface area contributed by atoms with Gasteiger partial charge in [0.15, 0.2) is 11.5 Å². The Morgan fingerprint density at radius 1 is 1.07 bits per heavy atom. The van der Waals surface area contributed by atoms with Crippen LogP contribution in [0.1, 0.15) is 12.5 Å². The van der Waals surface area contributed by atoms with Gasteiger partial charge >= 0.3 is 6.03 Å². The number of aromatic nitrogens is 1. The molecule has 1 heterocycles. The predicted octanol–water partition coefficient (Wildman–Crippen LogP) is 4.04. The molecule has 142 valence electrons. The minimum atomic E-state index is -0.213. The molecule has 6 heteroatoms. The Balaban J connectivity index is 1.59. The summed E-state index contributed by atoms with van der Waals surface area (Å²) in [5.41, 5.74) is 2.99. The molecule has 0 unspecified atom stereocenters. The normalized spacial score (nSPS) is 10.6. The number of aryl methyl sites for hydroxylation is 1. The highest BCUT2D eigenvalue weighted by molar-refractivity contribution is 6.01. The molecule has 2 N–H and O–H groups in total. The van der Waals surface area contributed by atoms with Gasteiger partial charge in [0, 0.05) is 24.7 Å². The molecule has 0 radical (unpaired) electrons. The lowest BCUT2D eigenvalue weighted by atomic mass is 10.1. The lowest BCUT2D eigenvalue weighted by molar-refractivity contribution is 0.252. The molecule has 3 aromatic rings. The second-order valence-corrected chi connectivity index (χ2v) is 6.17. The minimum Gasteiger partial charge on any atom is -0.493 e. The number of benzene rings is 2. The summed E-state index contributed by atoms with van der Waals surface area (Å²) in [6, 6.07) is 13.6. The van der Waals surface area contributed by atoms with E-state index < -0.39 is 0 Å². The van der Waals surface area contributed by atoms with E-state index in [-0.39, 0.29) is 6.03 Å². The average Bonchev–Trinajstić information content (AvgIpc) is 3.05. The summed E-state index contributed by atoms with van der Waals surface area (Å²) in [4.78, 5) is 12.3. The number of nitrogens with zero attached hydrogens (tertiary/aromatic N) is 1. The van der Waals surface area contributed by atoms with E-state index in [2.05, 4.69) is 28.2 Å². The number of anilines is 1. The summed E-state index contributed by atoms with van der Waals surface area (Å²) in [5, 5.41) is 6.89. The first-order valence-electron chi connectivity index (χ1n) is 9.00. The summed E-state index contributed by atoms with van der Waals surface area (Å²) < 4.78 is 12.7. The third-order valence-corrected chi connectivity index (χ3v) is 4.52. The lowest BCUT2D eigenvalue weighted by Gasteiger charge is -2.10. The highest BCUT2D eigenvalue weighted by Gasteiger charge is 2.10. The third-order valence-electron chi connectivity index (χ3n) is 4.52. The fourth-order valence-corrected chi connectivity index (χ4v) is 3.13. The Morgan fingerprint density at radius 3 is 2.59 bits per heavy atom. The van der Waals surface area contributed by atoms with Crippen molar-refractivity contribution in [3.63, 3.8) is 0 Å². The predicted molar refractivity (Wildman–Crippen MR) is 108 cm³/mol. The number of carbonyl (C=O) groups excluding carboxylic acids is 1. The lowest BCUT2D eigenvalue weighted by Crippen LogP contribution is -2.30. The zero-order valence-electron chi connectivity index (χ0n) is 15.9. The third kappa shape index (κ3) is 4.16. The van der Waals surface area contributed by atoms with Crippen molar-refractivity contribution in [2.24, 2.45) is 0 Å². The second-order valence-electron chi connectivity index (χ2n) is 6.17. The number of nitrogens with one attached hydrogen (secondary N) is 2. The molecule has 0 aliphatic heterocycles. The number of fused-ring (bicyclic) bond motifs is 1. The molecule has 0 saturated carbocycles.